The Labute approximate surface area is 171 Å². The molecule has 0 aliphatic heterocycles. The van der Waals surface area contributed by atoms with Gasteiger partial charge in [0.2, 0.25) is 0 Å². The number of hydrogen-bond acceptors (Lipinski definition) is 3. The number of carboxylic acid groups (broad SMARTS) is 1. The van der Waals surface area contributed by atoms with Gasteiger partial charge in [-0.15, -0.1) is 0 Å². The third kappa shape index (κ3) is 4.96. The van der Waals surface area contributed by atoms with Gasteiger partial charge >= 0.3 is 5.97 Å². The second-order valence-electron chi connectivity index (χ2n) is 5.25. The predicted octanol–water partition coefficient (Wildman–Crippen LogP) is 5.36. The minimum atomic E-state index is -4.06. The average molecular weight is 457 g/mol. The average Bonchev–Trinajstić information content (AvgIpc) is 2.54. The minimum Gasteiger partial charge on any atom is -0.481 e. The maximum absolute atomic E-state index is 13.1. The molecule has 5 nitrogen and oxygen atoms in total. The predicted molar refractivity (Wildman–Crippen MR) is 104 cm³/mol. The maximum Gasteiger partial charge on any atom is 0.303 e. The van der Waals surface area contributed by atoms with Crippen molar-refractivity contribution in [1.82, 2.24) is 0 Å². The number of nitrogens with zero attached hydrogens (tertiary/aromatic N) is 1. The molecule has 0 aromatic heterocycles. The lowest BCUT2D eigenvalue weighted by molar-refractivity contribution is -0.137. The summed E-state index contributed by atoms with van der Waals surface area (Å²) in [6.45, 7) is -0.0871. The van der Waals surface area contributed by atoms with Crippen LogP contribution in [0.5, 0.6) is 0 Å². The van der Waals surface area contributed by atoms with E-state index in [2.05, 4.69) is 0 Å². The number of aliphatic carboxylic acids is 1. The molecule has 1 N–H and O–H groups in total. The quantitative estimate of drug-likeness (QED) is 0.608. The number of rotatable bonds is 7. The molecule has 2 rings (SSSR count). The van der Waals surface area contributed by atoms with E-state index >= 15 is 0 Å². The van der Waals surface area contributed by atoms with Crippen molar-refractivity contribution in [3.63, 3.8) is 0 Å². The van der Waals surface area contributed by atoms with Gasteiger partial charge in [-0.25, -0.2) is 8.42 Å². The number of carbonyl (C=O) groups is 1. The zero-order chi connectivity index (χ0) is 19.5. The highest BCUT2D eigenvalue weighted by Gasteiger charge is 2.27. The highest BCUT2D eigenvalue weighted by Crippen LogP contribution is 2.34. The van der Waals surface area contributed by atoms with Crippen molar-refractivity contribution in [2.75, 3.05) is 10.8 Å². The smallest absolute Gasteiger partial charge is 0.303 e. The Morgan fingerprint density at radius 3 is 2.23 bits per heavy atom. The Morgan fingerprint density at radius 1 is 0.962 bits per heavy atom. The van der Waals surface area contributed by atoms with Crippen LogP contribution in [0.1, 0.15) is 12.8 Å². The number of carboxylic acids is 1. The number of anilines is 1. The molecular formula is C16H13Cl4NO4S. The number of hydrogen-bond donors (Lipinski definition) is 1. The highest BCUT2D eigenvalue weighted by molar-refractivity contribution is 7.92. The van der Waals surface area contributed by atoms with Crippen LogP contribution in [0.3, 0.4) is 0 Å². The fourth-order valence-corrected chi connectivity index (χ4v) is 4.66. The molecule has 0 atom stereocenters. The lowest BCUT2D eigenvalue weighted by Crippen LogP contribution is -2.32. The molecule has 2 aromatic carbocycles. The molecule has 140 valence electrons. The van der Waals surface area contributed by atoms with E-state index in [-0.39, 0.29) is 45.0 Å². The molecule has 0 bridgehead atoms. The molecule has 0 spiro atoms. The van der Waals surface area contributed by atoms with Crippen molar-refractivity contribution >= 4 is 68.1 Å². The van der Waals surface area contributed by atoms with E-state index in [0.717, 1.165) is 4.31 Å². The first-order valence-corrected chi connectivity index (χ1v) is 10.2. The zero-order valence-electron chi connectivity index (χ0n) is 13.1. The maximum atomic E-state index is 13.1. The van der Waals surface area contributed by atoms with Crippen LogP contribution in [-0.4, -0.2) is 26.0 Å². The van der Waals surface area contributed by atoms with Crippen molar-refractivity contribution < 1.29 is 18.3 Å². The first kappa shape index (κ1) is 21.1. The highest BCUT2D eigenvalue weighted by atomic mass is 35.5. The summed E-state index contributed by atoms with van der Waals surface area (Å²) in [5.74, 6) is -1.03. The molecule has 0 heterocycles. The molecule has 0 aliphatic rings. The summed E-state index contributed by atoms with van der Waals surface area (Å²) in [4.78, 5) is 10.7. The summed E-state index contributed by atoms with van der Waals surface area (Å²) in [5.41, 5.74) is 0.188. The fourth-order valence-electron chi connectivity index (χ4n) is 2.19. The van der Waals surface area contributed by atoms with E-state index in [1.54, 1.807) is 0 Å². The van der Waals surface area contributed by atoms with E-state index in [1.807, 2.05) is 0 Å². The normalized spacial score (nSPS) is 11.4. The van der Waals surface area contributed by atoms with Gasteiger partial charge in [0.1, 0.15) is 0 Å². The van der Waals surface area contributed by atoms with Crippen LogP contribution in [0.15, 0.2) is 41.3 Å². The monoisotopic (exact) mass is 455 g/mol. The topological polar surface area (TPSA) is 74.7 Å². The van der Waals surface area contributed by atoms with Crippen LogP contribution in [0.25, 0.3) is 0 Å². The summed E-state index contributed by atoms with van der Waals surface area (Å²) in [7, 11) is -4.06. The van der Waals surface area contributed by atoms with Gasteiger partial charge < -0.3 is 5.11 Å². The Morgan fingerprint density at radius 2 is 1.65 bits per heavy atom. The standard InChI is InChI=1S/C16H13Cl4NO4S/c17-10-3-6-15(14(20)8-10)21(7-1-2-16(22)23)26(24,25)11-4-5-12(18)13(19)9-11/h3-6,8-9H,1-2,7H2,(H,22,23). The molecular weight excluding hydrogens is 444 g/mol. The van der Waals surface area contributed by atoms with E-state index in [1.165, 1.54) is 36.4 Å². The summed E-state index contributed by atoms with van der Waals surface area (Å²) in [6, 6.07) is 8.28. The molecule has 26 heavy (non-hydrogen) atoms. The summed E-state index contributed by atoms with van der Waals surface area (Å²) >= 11 is 23.8. The Hall–Kier alpha value is -1.18. The molecule has 0 fully saturated rings. The second kappa shape index (κ2) is 8.67. The third-order valence-electron chi connectivity index (χ3n) is 3.41. The molecule has 2 aromatic rings. The summed E-state index contributed by atoms with van der Waals surface area (Å²) in [6.07, 6.45) is -0.104. The Balaban J connectivity index is 2.50. The molecule has 0 radical (unpaired) electrons. The SMILES string of the molecule is O=C(O)CCCN(c1ccc(Cl)cc1Cl)S(=O)(=O)c1ccc(Cl)c(Cl)c1. The number of sulfonamides is 1. The van der Waals surface area contributed by atoms with Crippen molar-refractivity contribution in [1.29, 1.82) is 0 Å². The summed E-state index contributed by atoms with van der Waals surface area (Å²) < 4.78 is 27.2. The van der Waals surface area contributed by atoms with Gasteiger partial charge in [-0.3, -0.25) is 9.10 Å². The van der Waals surface area contributed by atoms with Crippen molar-refractivity contribution in [2.45, 2.75) is 17.7 Å². The molecule has 0 saturated carbocycles. The van der Waals surface area contributed by atoms with Crippen LogP contribution in [0, 0.1) is 0 Å². The molecule has 0 aliphatic carbocycles. The Bertz CT molecular complexity index is 934. The minimum absolute atomic E-state index is 0.0837. The number of halogens is 4. The lowest BCUT2D eigenvalue weighted by atomic mass is 10.3. The van der Waals surface area contributed by atoms with Gasteiger partial charge in [-0.05, 0) is 42.8 Å². The van der Waals surface area contributed by atoms with E-state index in [4.69, 9.17) is 51.5 Å². The van der Waals surface area contributed by atoms with Gasteiger partial charge in [0, 0.05) is 18.0 Å². The largest absolute Gasteiger partial charge is 0.481 e. The first-order valence-electron chi connectivity index (χ1n) is 7.27. The van der Waals surface area contributed by atoms with Crippen LogP contribution in [-0.2, 0) is 14.8 Å². The Kier molecular flexibility index (Phi) is 7.05. The van der Waals surface area contributed by atoms with E-state index in [0.29, 0.717) is 5.02 Å². The molecule has 0 saturated heterocycles. The van der Waals surface area contributed by atoms with Crippen LogP contribution < -0.4 is 4.31 Å². The van der Waals surface area contributed by atoms with Gasteiger partial charge in [0.25, 0.3) is 10.0 Å². The van der Waals surface area contributed by atoms with Gasteiger partial charge in [0.15, 0.2) is 0 Å². The van der Waals surface area contributed by atoms with Crippen LogP contribution >= 0.6 is 46.4 Å². The third-order valence-corrected chi connectivity index (χ3v) is 6.50. The zero-order valence-corrected chi connectivity index (χ0v) is 17.0. The van der Waals surface area contributed by atoms with Crippen LogP contribution in [0.2, 0.25) is 20.1 Å². The van der Waals surface area contributed by atoms with Gasteiger partial charge in [-0.2, -0.15) is 0 Å². The van der Waals surface area contributed by atoms with E-state index < -0.39 is 16.0 Å². The molecule has 0 amide bonds. The van der Waals surface area contributed by atoms with Crippen molar-refractivity contribution in [2.24, 2.45) is 0 Å². The van der Waals surface area contributed by atoms with E-state index in [9.17, 15) is 13.2 Å². The number of benzene rings is 2. The second-order valence-corrected chi connectivity index (χ2v) is 8.77. The van der Waals surface area contributed by atoms with Gasteiger partial charge in [-0.1, -0.05) is 46.4 Å². The molecule has 10 heteroatoms. The molecule has 0 unspecified atom stereocenters. The first-order chi connectivity index (χ1) is 12.1. The lowest BCUT2D eigenvalue weighted by Gasteiger charge is -2.25. The van der Waals surface area contributed by atoms with Gasteiger partial charge in [0.05, 0.1) is 25.7 Å². The van der Waals surface area contributed by atoms with Crippen molar-refractivity contribution in [3.05, 3.63) is 56.5 Å². The summed E-state index contributed by atoms with van der Waals surface area (Å²) in [5, 5.41) is 9.60. The van der Waals surface area contributed by atoms with Crippen LogP contribution in [0.4, 0.5) is 5.69 Å². The van der Waals surface area contributed by atoms with Crippen molar-refractivity contribution in [3.8, 4) is 0 Å². The fraction of sp³-hybridized carbons (Fsp3) is 0.188.